The van der Waals surface area contributed by atoms with E-state index in [1.807, 2.05) is 48.7 Å². The van der Waals surface area contributed by atoms with Gasteiger partial charge in [0, 0.05) is 25.7 Å². The zero-order chi connectivity index (χ0) is 21.7. The van der Waals surface area contributed by atoms with E-state index in [9.17, 15) is 8.42 Å². The number of imidazole rings is 1. The van der Waals surface area contributed by atoms with Gasteiger partial charge in [0.05, 0.1) is 24.2 Å². The molecule has 6 nitrogen and oxygen atoms in total. The molecule has 1 fully saturated rings. The van der Waals surface area contributed by atoms with Gasteiger partial charge in [0.1, 0.15) is 0 Å². The molecule has 1 aliphatic rings. The van der Waals surface area contributed by atoms with Gasteiger partial charge in [-0.25, -0.2) is 13.4 Å². The van der Waals surface area contributed by atoms with Crippen LogP contribution in [0.1, 0.15) is 45.4 Å². The number of nitrogens with zero attached hydrogens (tertiary/aromatic N) is 4. The number of likely N-dealkylation sites (N-methyl/N-ethyl adjacent to an activating group) is 1. The molecule has 7 heteroatoms. The Labute approximate surface area is 181 Å². The van der Waals surface area contributed by atoms with E-state index in [1.54, 1.807) is 6.20 Å². The van der Waals surface area contributed by atoms with Crippen molar-refractivity contribution in [1.82, 2.24) is 19.4 Å². The molecule has 1 saturated heterocycles. The second-order valence-electron chi connectivity index (χ2n) is 8.68. The van der Waals surface area contributed by atoms with Gasteiger partial charge in [0.25, 0.3) is 0 Å². The molecule has 0 aliphatic carbocycles. The number of hydrogen-bond donors (Lipinski definition) is 0. The van der Waals surface area contributed by atoms with Crippen molar-refractivity contribution in [2.24, 2.45) is 5.92 Å². The molecule has 2 heterocycles. The maximum atomic E-state index is 13.0. The molecular weight excluding hydrogens is 396 g/mol. The van der Waals surface area contributed by atoms with Gasteiger partial charge in [0.2, 0.25) is 15.0 Å². The summed E-state index contributed by atoms with van der Waals surface area (Å²) >= 11 is 0. The molecular formula is C23H36N4O2S. The fourth-order valence-electron chi connectivity index (χ4n) is 4.44. The minimum Gasteiger partial charge on any atom is -0.313 e. The van der Waals surface area contributed by atoms with E-state index in [4.69, 9.17) is 0 Å². The molecule has 0 radical (unpaired) electrons. The van der Waals surface area contributed by atoms with Crippen molar-refractivity contribution in [2.75, 3.05) is 31.9 Å². The lowest BCUT2D eigenvalue weighted by molar-refractivity contribution is 0.208. The first-order valence-electron chi connectivity index (χ1n) is 11.1. The number of aromatic nitrogens is 2. The normalized spacial score (nSPS) is 18.0. The van der Waals surface area contributed by atoms with Crippen LogP contribution in [0.3, 0.4) is 0 Å². The summed E-state index contributed by atoms with van der Waals surface area (Å²) in [5.74, 6) is 0.181. The van der Waals surface area contributed by atoms with Crippen molar-refractivity contribution in [2.45, 2.75) is 58.4 Å². The van der Waals surface area contributed by atoms with Crippen LogP contribution in [0.15, 0.2) is 41.7 Å². The minimum absolute atomic E-state index is 0.0636. The average Bonchev–Trinajstić information content (AvgIpc) is 3.31. The van der Waals surface area contributed by atoms with E-state index in [0.717, 1.165) is 50.4 Å². The fourth-order valence-corrected chi connectivity index (χ4v) is 6.20. The third-order valence-corrected chi connectivity index (χ3v) is 7.87. The predicted molar refractivity (Wildman–Crippen MR) is 121 cm³/mol. The molecule has 1 aromatic carbocycles. The van der Waals surface area contributed by atoms with Gasteiger partial charge in [-0.3, -0.25) is 9.80 Å². The summed E-state index contributed by atoms with van der Waals surface area (Å²) in [6, 6.07) is 10.6. The van der Waals surface area contributed by atoms with Gasteiger partial charge < -0.3 is 4.57 Å². The number of rotatable bonds is 10. The molecule has 1 atom stereocenters. The zero-order valence-electron chi connectivity index (χ0n) is 18.8. The Morgan fingerprint density at radius 3 is 2.47 bits per heavy atom. The second kappa shape index (κ2) is 10.1. The smallest absolute Gasteiger partial charge is 0.228 e. The van der Waals surface area contributed by atoms with Gasteiger partial charge in [-0.2, -0.15) is 0 Å². The van der Waals surface area contributed by atoms with Crippen molar-refractivity contribution < 1.29 is 8.42 Å². The third-order valence-electron chi connectivity index (χ3n) is 5.88. The van der Waals surface area contributed by atoms with Crippen LogP contribution < -0.4 is 0 Å². The Bertz CT molecular complexity index is 905. The van der Waals surface area contributed by atoms with Crippen LogP contribution in [-0.2, 0) is 22.9 Å². The molecule has 0 amide bonds. The third kappa shape index (κ3) is 5.50. The highest BCUT2D eigenvalue weighted by atomic mass is 32.2. The highest BCUT2D eigenvalue weighted by molar-refractivity contribution is 7.91. The Morgan fingerprint density at radius 1 is 1.13 bits per heavy atom. The first-order valence-corrected chi connectivity index (χ1v) is 12.8. The molecule has 0 unspecified atom stereocenters. The molecule has 0 N–H and O–H groups in total. The maximum absolute atomic E-state index is 13.0. The predicted octanol–water partition coefficient (Wildman–Crippen LogP) is 3.28. The second-order valence-corrected chi connectivity index (χ2v) is 10.6. The van der Waals surface area contributed by atoms with E-state index >= 15 is 0 Å². The van der Waals surface area contributed by atoms with Crippen LogP contribution in [0.25, 0.3) is 0 Å². The van der Waals surface area contributed by atoms with Gasteiger partial charge in [-0.05, 0) is 31.0 Å². The average molecular weight is 433 g/mol. The van der Waals surface area contributed by atoms with Crippen LogP contribution in [0.4, 0.5) is 0 Å². The molecule has 30 heavy (non-hydrogen) atoms. The molecule has 0 spiro atoms. The number of likely N-dealkylation sites (tertiary alicyclic amines) is 1. The molecule has 166 valence electrons. The Hall–Kier alpha value is -1.70. The summed E-state index contributed by atoms with van der Waals surface area (Å²) in [7, 11) is -3.43. The van der Waals surface area contributed by atoms with E-state index in [1.165, 1.54) is 0 Å². The van der Waals surface area contributed by atoms with E-state index < -0.39 is 9.84 Å². The molecule has 0 saturated carbocycles. The summed E-state index contributed by atoms with van der Waals surface area (Å²) in [4.78, 5) is 9.35. The maximum Gasteiger partial charge on any atom is 0.228 e. The van der Waals surface area contributed by atoms with Gasteiger partial charge >= 0.3 is 0 Å². The van der Waals surface area contributed by atoms with Crippen LogP contribution >= 0.6 is 0 Å². The van der Waals surface area contributed by atoms with Crippen molar-refractivity contribution in [3.05, 3.63) is 47.8 Å². The monoisotopic (exact) mass is 432 g/mol. The number of sulfone groups is 1. The summed E-state index contributed by atoms with van der Waals surface area (Å²) in [5.41, 5.74) is 2.06. The lowest BCUT2D eigenvalue weighted by atomic mass is 10.2. The van der Waals surface area contributed by atoms with Crippen LogP contribution in [0.2, 0.25) is 0 Å². The Kier molecular flexibility index (Phi) is 7.71. The van der Waals surface area contributed by atoms with Crippen molar-refractivity contribution in [1.29, 1.82) is 0 Å². The number of benzene rings is 1. The molecule has 0 bridgehead atoms. The summed E-state index contributed by atoms with van der Waals surface area (Å²) in [6.07, 6.45) is 2.92. The topological polar surface area (TPSA) is 58.4 Å². The summed E-state index contributed by atoms with van der Waals surface area (Å²) < 4.78 is 28.0. The van der Waals surface area contributed by atoms with Gasteiger partial charge in [-0.1, -0.05) is 58.0 Å². The SMILES string of the molecule is CCN(CC)[C@H]1CCN(Cc2cnc(S(=O)(=O)CC(C)C)n2Cc2ccccc2)C1. The summed E-state index contributed by atoms with van der Waals surface area (Å²) in [6.45, 7) is 13.7. The van der Waals surface area contributed by atoms with Crippen LogP contribution in [0.5, 0.6) is 0 Å². The van der Waals surface area contributed by atoms with E-state index in [-0.39, 0.29) is 16.8 Å². The van der Waals surface area contributed by atoms with Crippen LogP contribution in [-0.4, -0.2) is 65.7 Å². The molecule has 3 rings (SSSR count). The first kappa shape index (κ1) is 23.0. The lowest BCUT2D eigenvalue weighted by Gasteiger charge is -2.26. The molecule has 2 aromatic rings. The van der Waals surface area contributed by atoms with Gasteiger partial charge in [0.15, 0.2) is 0 Å². The number of hydrogen-bond acceptors (Lipinski definition) is 5. The lowest BCUT2D eigenvalue weighted by Crippen LogP contribution is -2.37. The van der Waals surface area contributed by atoms with Crippen molar-refractivity contribution >= 4 is 9.84 Å². The Balaban J connectivity index is 1.85. The van der Waals surface area contributed by atoms with Gasteiger partial charge in [-0.15, -0.1) is 0 Å². The quantitative estimate of drug-likeness (QED) is 0.577. The van der Waals surface area contributed by atoms with Crippen molar-refractivity contribution in [3.8, 4) is 0 Å². The largest absolute Gasteiger partial charge is 0.313 e. The Morgan fingerprint density at radius 2 is 1.83 bits per heavy atom. The summed E-state index contributed by atoms with van der Waals surface area (Å²) in [5, 5.41) is 0.203. The van der Waals surface area contributed by atoms with E-state index in [2.05, 4.69) is 28.6 Å². The molecule has 1 aromatic heterocycles. The molecule has 1 aliphatic heterocycles. The zero-order valence-corrected chi connectivity index (χ0v) is 19.6. The van der Waals surface area contributed by atoms with Crippen LogP contribution in [0, 0.1) is 5.92 Å². The minimum atomic E-state index is -3.43. The highest BCUT2D eigenvalue weighted by Gasteiger charge is 2.29. The van der Waals surface area contributed by atoms with E-state index in [0.29, 0.717) is 12.6 Å². The fraction of sp³-hybridized carbons (Fsp3) is 0.609. The first-order chi connectivity index (χ1) is 14.3. The highest BCUT2D eigenvalue weighted by Crippen LogP contribution is 2.22. The van der Waals surface area contributed by atoms with Crippen molar-refractivity contribution in [3.63, 3.8) is 0 Å². The standard InChI is InChI=1S/C23H36N4O2S/c1-5-26(6-2)21-12-13-25(16-21)17-22-14-24-23(30(28,29)18-19(3)4)27(22)15-20-10-8-7-9-11-20/h7-11,14,19,21H,5-6,12-13,15-18H2,1-4H3/t21-/m0/s1.